The summed E-state index contributed by atoms with van der Waals surface area (Å²) >= 11 is 0. The molecule has 5 heteroatoms. The van der Waals surface area contributed by atoms with Crippen LogP contribution in [-0.2, 0) is 23.1 Å². The molecule has 5 nitrogen and oxygen atoms in total. The number of hydrogen-bond acceptors (Lipinski definition) is 2. The largest absolute Gasteiger partial charge is 0.356 e. The molecule has 27 heavy (non-hydrogen) atoms. The maximum Gasteiger partial charge on any atom is 0.227 e. The lowest BCUT2D eigenvalue weighted by Crippen LogP contribution is -2.43. The normalized spacial score (nSPS) is 15.3. The summed E-state index contributed by atoms with van der Waals surface area (Å²) in [6, 6.07) is 8.19. The fourth-order valence-corrected chi connectivity index (χ4v) is 3.96. The topological polar surface area (TPSA) is 54.3 Å². The zero-order valence-electron chi connectivity index (χ0n) is 16.5. The number of aromatic nitrogens is 1. The van der Waals surface area contributed by atoms with Crippen molar-refractivity contribution in [3.05, 3.63) is 36.0 Å². The van der Waals surface area contributed by atoms with E-state index in [2.05, 4.69) is 35.1 Å². The SMILES string of the molecule is CCCCCNC(=O)C1CCN(C(=O)Cc2cn(C)c3ccccc23)CC1. The van der Waals surface area contributed by atoms with Gasteiger partial charge in [-0.2, -0.15) is 0 Å². The number of hydrogen-bond donors (Lipinski definition) is 1. The molecule has 1 fully saturated rings. The summed E-state index contributed by atoms with van der Waals surface area (Å²) < 4.78 is 2.08. The molecule has 0 unspecified atom stereocenters. The van der Waals surface area contributed by atoms with E-state index in [-0.39, 0.29) is 17.7 Å². The van der Waals surface area contributed by atoms with E-state index in [0.29, 0.717) is 19.5 Å². The molecule has 3 rings (SSSR count). The average Bonchev–Trinajstić information content (AvgIpc) is 3.01. The van der Waals surface area contributed by atoms with Crippen molar-refractivity contribution in [3.8, 4) is 0 Å². The number of para-hydroxylation sites is 1. The van der Waals surface area contributed by atoms with Gasteiger partial charge in [0.1, 0.15) is 0 Å². The van der Waals surface area contributed by atoms with Crippen LogP contribution in [0.15, 0.2) is 30.5 Å². The molecule has 1 aromatic heterocycles. The van der Waals surface area contributed by atoms with E-state index in [1.165, 1.54) is 0 Å². The number of benzene rings is 1. The number of nitrogens with one attached hydrogen (secondary N) is 1. The molecule has 1 aliphatic rings. The van der Waals surface area contributed by atoms with Crippen LogP contribution >= 0.6 is 0 Å². The van der Waals surface area contributed by atoms with E-state index in [1.807, 2.05) is 24.1 Å². The standard InChI is InChI=1S/C22H31N3O2/c1-3-4-7-12-23-22(27)17-10-13-25(14-11-17)21(26)15-18-16-24(2)20-9-6-5-8-19(18)20/h5-6,8-9,16-17H,3-4,7,10-15H2,1-2H3,(H,23,27). The Morgan fingerprint density at radius 1 is 1.15 bits per heavy atom. The fourth-order valence-electron chi connectivity index (χ4n) is 3.96. The van der Waals surface area contributed by atoms with E-state index >= 15 is 0 Å². The Labute approximate surface area is 161 Å². The monoisotopic (exact) mass is 369 g/mol. The van der Waals surface area contributed by atoms with Crippen LogP contribution in [0.5, 0.6) is 0 Å². The minimum absolute atomic E-state index is 0.0493. The summed E-state index contributed by atoms with van der Waals surface area (Å²) in [5, 5.41) is 4.20. The Balaban J connectivity index is 1.50. The number of carbonyl (C=O) groups is 2. The van der Waals surface area contributed by atoms with Crippen molar-refractivity contribution in [1.29, 1.82) is 0 Å². The van der Waals surface area contributed by atoms with Gasteiger partial charge < -0.3 is 14.8 Å². The molecule has 2 heterocycles. The first kappa shape index (κ1) is 19.5. The van der Waals surface area contributed by atoms with Gasteiger partial charge in [-0.05, 0) is 30.9 Å². The third-order valence-electron chi connectivity index (χ3n) is 5.62. The number of unbranched alkanes of at least 4 members (excludes halogenated alkanes) is 2. The number of rotatable bonds is 7. The Hall–Kier alpha value is -2.30. The highest BCUT2D eigenvalue weighted by Gasteiger charge is 2.27. The van der Waals surface area contributed by atoms with Crippen molar-refractivity contribution in [2.45, 2.75) is 45.4 Å². The molecule has 0 aliphatic carbocycles. The number of aryl methyl sites for hydroxylation is 1. The van der Waals surface area contributed by atoms with E-state index in [0.717, 1.165) is 55.1 Å². The lowest BCUT2D eigenvalue weighted by Gasteiger charge is -2.31. The fraction of sp³-hybridized carbons (Fsp3) is 0.545. The van der Waals surface area contributed by atoms with Gasteiger partial charge in [0.15, 0.2) is 0 Å². The Kier molecular flexibility index (Phi) is 6.54. The number of carbonyl (C=O) groups excluding carboxylic acids is 2. The predicted molar refractivity (Wildman–Crippen MR) is 108 cm³/mol. The lowest BCUT2D eigenvalue weighted by molar-refractivity contribution is -0.135. The second-order valence-corrected chi connectivity index (χ2v) is 7.61. The van der Waals surface area contributed by atoms with Gasteiger partial charge in [0.2, 0.25) is 11.8 Å². The maximum absolute atomic E-state index is 12.8. The summed E-state index contributed by atoms with van der Waals surface area (Å²) in [5.41, 5.74) is 2.23. The van der Waals surface area contributed by atoms with Gasteiger partial charge in [0.25, 0.3) is 0 Å². The zero-order chi connectivity index (χ0) is 19.2. The quantitative estimate of drug-likeness (QED) is 0.762. The van der Waals surface area contributed by atoms with Crippen LogP contribution in [0, 0.1) is 5.92 Å². The van der Waals surface area contributed by atoms with Crippen molar-refractivity contribution in [3.63, 3.8) is 0 Å². The van der Waals surface area contributed by atoms with Crippen molar-refractivity contribution in [2.75, 3.05) is 19.6 Å². The van der Waals surface area contributed by atoms with Gasteiger partial charge in [0, 0.05) is 49.7 Å². The summed E-state index contributed by atoms with van der Waals surface area (Å²) in [7, 11) is 2.01. The molecule has 1 saturated heterocycles. The third kappa shape index (κ3) is 4.71. The molecule has 0 radical (unpaired) electrons. The Morgan fingerprint density at radius 3 is 2.63 bits per heavy atom. The summed E-state index contributed by atoms with van der Waals surface area (Å²) in [5.74, 6) is 0.369. The Morgan fingerprint density at radius 2 is 1.89 bits per heavy atom. The van der Waals surface area contributed by atoms with Crippen LogP contribution in [-0.4, -0.2) is 40.9 Å². The molecule has 1 aromatic carbocycles. The van der Waals surface area contributed by atoms with Gasteiger partial charge in [0.05, 0.1) is 6.42 Å². The number of amides is 2. The van der Waals surface area contributed by atoms with Crippen LogP contribution < -0.4 is 5.32 Å². The lowest BCUT2D eigenvalue weighted by atomic mass is 9.95. The molecule has 0 atom stereocenters. The molecular weight excluding hydrogens is 338 g/mol. The molecule has 2 aromatic rings. The number of fused-ring (bicyclic) bond motifs is 1. The van der Waals surface area contributed by atoms with Crippen LogP contribution in [0.4, 0.5) is 0 Å². The molecule has 0 bridgehead atoms. The number of likely N-dealkylation sites (tertiary alicyclic amines) is 1. The molecule has 146 valence electrons. The molecule has 1 aliphatic heterocycles. The van der Waals surface area contributed by atoms with E-state index in [9.17, 15) is 9.59 Å². The zero-order valence-corrected chi connectivity index (χ0v) is 16.5. The Bertz CT molecular complexity index is 788. The second-order valence-electron chi connectivity index (χ2n) is 7.61. The van der Waals surface area contributed by atoms with Crippen molar-refractivity contribution in [1.82, 2.24) is 14.8 Å². The van der Waals surface area contributed by atoms with E-state index in [1.54, 1.807) is 0 Å². The van der Waals surface area contributed by atoms with Crippen LogP contribution in [0.3, 0.4) is 0 Å². The van der Waals surface area contributed by atoms with Crippen LogP contribution in [0.25, 0.3) is 10.9 Å². The minimum Gasteiger partial charge on any atom is -0.356 e. The van der Waals surface area contributed by atoms with Crippen LogP contribution in [0.2, 0.25) is 0 Å². The smallest absolute Gasteiger partial charge is 0.227 e. The van der Waals surface area contributed by atoms with Crippen LogP contribution in [0.1, 0.15) is 44.6 Å². The highest BCUT2D eigenvalue weighted by Crippen LogP contribution is 2.23. The average molecular weight is 370 g/mol. The highest BCUT2D eigenvalue weighted by atomic mass is 16.2. The van der Waals surface area contributed by atoms with E-state index < -0.39 is 0 Å². The molecular formula is C22H31N3O2. The third-order valence-corrected chi connectivity index (χ3v) is 5.62. The molecule has 2 amide bonds. The minimum atomic E-state index is 0.0493. The maximum atomic E-state index is 12.8. The first-order valence-corrected chi connectivity index (χ1v) is 10.2. The number of piperidine rings is 1. The summed E-state index contributed by atoms with van der Waals surface area (Å²) in [6.07, 6.45) is 7.37. The van der Waals surface area contributed by atoms with Gasteiger partial charge in [-0.15, -0.1) is 0 Å². The van der Waals surface area contributed by atoms with Gasteiger partial charge in [-0.25, -0.2) is 0 Å². The van der Waals surface area contributed by atoms with Crippen molar-refractivity contribution >= 4 is 22.7 Å². The summed E-state index contributed by atoms with van der Waals surface area (Å²) in [4.78, 5) is 26.9. The summed E-state index contributed by atoms with van der Waals surface area (Å²) in [6.45, 7) is 4.28. The molecule has 0 spiro atoms. The van der Waals surface area contributed by atoms with Crippen molar-refractivity contribution in [2.24, 2.45) is 13.0 Å². The highest BCUT2D eigenvalue weighted by molar-refractivity contribution is 5.89. The van der Waals surface area contributed by atoms with Gasteiger partial charge >= 0.3 is 0 Å². The van der Waals surface area contributed by atoms with Gasteiger partial charge in [-0.3, -0.25) is 9.59 Å². The van der Waals surface area contributed by atoms with Crippen molar-refractivity contribution < 1.29 is 9.59 Å². The van der Waals surface area contributed by atoms with Gasteiger partial charge in [-0.1, -0.05) is 38.0 Å². The van der Waals surface area contributed by atoms with E-state index in [4.69, 9.17) is 0 Å². The molecule has 0 saturated carbocycles. The predicted octanol–water partition coefficient (Wildman–Crippen LogP) is 3.27. The first-order chi connectivity index (χ1) is 13.1. The number of nitrogens with zero attached hydrogens (tertiary/aromatic N) is 2. The second kappa shape index (κ2) is 9.07. The molecule has 1 N–H and O–H groups in total. The first-order valence-electron chi connectivity index (χ1n) is 10.2.